The molecule has 0 aromatic heterocycles. The third kappa shape index (κ3) is 2.63. The SMILES string of the molecule is CCOc1ccc([C@H](N)CC)cc1Cl. The normalized spacial score (nSPS) is 12.6. The van der Waals surface area contributed by atoms with E-state index in [1.807, 2.05) is 25.1 Å². The van der Waals surface area contributed by atoms with E-state index >= 15 is 0 Å². The van der Waals surface area contributed by atoms with Crippen LogP contribution >= 0.6 is 11.6 Å². The summed E-state index contributed by atoms with van der Waals surface area (Å²) in [5, 5.41) is 0.633. The molecule has 78 valence electrons. The maximum Gasteiger partial charge on any atom is 0.137 e. The molecule has 1 rings (SSSR count). The van der Waals surface area contributed by atoms with E-state index in [0.29, 0.717) is 11.6 Å². The maximum atomic E-state index is 6.03. The zero-order chi connectivity index (χ0) is 10.6. The summed E-state index contributed by atoms with van der Waals surface area (Å²) in [5.74, 6) is 0.723. The minimum atomic E-state index is 0.0585. The van der Waals surface area contributed by atoms with Crippen molar-refractivity contribution in [1.82, 2.24) is 0 Å². The number of rotatable bonds is 4. The molecule has 0 saturated carbocycles. The molecule has 0 radical (unpaired) electrons. The fourth-order valence-electron chi connectivity index (χ4n) is 1.26. The standard InChI is InChI=1S/C11H16ClNO/c1-3-10(13)8-5-6-11(14-4-2)9(12)7-8/h5-7,10H,3-4,13H2,1-2H3/t10-/m1/s1. The van der Waals surface area contributed by atoms with Crippen LogP contribution in [0.5, 0.6) is 5.75 Å². The molecule has 0 amide bonds. The largest absolute Gasteiger partial charge is 0.492 e. The molecule has 0 aliphatic rings. The van der Waals surface area contributed by atoms with Crippen molar-refractivity contribution in [2.75, 3.05) is 6.61 Å². The Morgan fingerprint density at radius 2 is 2.14 bits per heavy atom. The van der Waals surface area contributed by atoms with Crippen molar-refractivity contribution in [1.29, 1.82) is 0 Å². The lowest BCUT2D eigenvalue weighted by Gasteiger charge is -2.11. The first-order chi connectivity index (χ1) is 6.69. The van der Waals surface area contributed by atoms with E-state index in [4.69, 9.17) is 22.1 Å². The number of hydrogen-bond acceptors (Lipinski definition) is 2. The molecule has 0 heterocycles. The summed E-state index contributed by atoms with van der Waals surface area (Å²) < 4.78 is 5.33. The van der Waals surface area contributed by atoms with E-state index in [1.165, 1.54) is 0 Å². The van der Waals surface area contributed by atoms with Gasteiger partial charge in [-0.05, 0) is 31.0 Å². The molecule has 0 aliphatic carbocycles. The van der Waals surface area contributed by atoms with Gasteiger partial charge in [-0.25, -0.2) is 0 Å². The van der Waals surface area contributed by atoms with Crippen LogP contribution in [0.2, 0.25) is 5.02 Å². The van der Waals surface area contributed by atoms with E-state index in [-0.39, 0.29) is 6.04 Å². The minimum absolute atomic E-state index is 0.0585. The van der Waals surface area contributed by atoms with Crippen LogP contribution in [0.15, 0.2) is 18.2 Å². The first kappa shape index (κ1) is 11.3. The molecule has 0 fully saturated rings. The van der Waals surface area contributed by atoms with Crippen molar-refractivity contribution in [2.24, 2.45) is 5.73 Å². The molecular formula is C11H16ClNO. The van der Waals surface area contributed by atoms with Gasteiger partial charge in [-0.2, -0.15) is 0 Å². The Bertz CT molecular complexity index is 301. The van der Waals surface area contributed by atoms with Gasteiger partial charge in [-0.1, -0.05) is 24.6 Å². The van der Waals surface area contributed by atoms with Crippen molar-refractivity contribution < 1.29 is 4.74 Å². The van der Waals surface area contributed by atoms with Crippen LogP contribution in [-0.2, 0) is 0 Å². The zero-order valence-electron chi connectivity index (χ0n) is 8.59. The lowest BCUT2D eigenvalue weighted by Crippen LogP contribution is -2.08. The van der Waals surface area contributed by atoms with Crippen molar-refractivity contribution in [3.05, 3.63) is 28.8 Å². The van der Waals surface area contributed by atoms with Gasteiger partial charge in [0.25, 0.3) is 0 Å². The van der Waals surface area contributed by atoms with Gasteiger partial charge in [0, 0.05) is 6.04 Å². The molecule has 14 heavy (non-hydrogen) atoms. The number of halogens is 1. The fourth-order valence-corrected chi connectivity index (χ4v) is 1.50. The topological polar surface area (TPSA) is 35.2 Å². The van der Waals surface area contributed by atoms with Crippen LogP contribution in [0.25, 0.3) is 0 Å². The van der Waals surface area contributed by atoms with Gasteiger partial charge in [-0.3, -0.25) is 0 Å². The Balaban J connectivity index is 2.88. The summed E-state index contributed by atoms with van der Waals surface area (Å²) in [6.07, 6.45) is 0.907. The Labute approximate surface area is 90.0 Å². The van der Waals surface area contributed by atoms with Gasteiger partial charge in [0.15, 0.2) is 0 Å². The van der Waals surface area contributed by atoms with Crippen molar-refractivity contribution in [3.63, 3.8) is 0 Å². The minimum Gasteiger partial charge on any atom is -0.492 e. The maximum absolute atomic E-state index is 6.03. The van der Waals surface area contributed by atoms with Crippen LogP contribution in [0.1, 0.15) is 31.9 Å². The van der Waals surface area contributed by atoms with Gasteiger partial charge < -0.3 is 10.5 Å². The summed E-state index contributed by atoms with van der Waals surface area (Å²) in [7, 11) is 0. The first-order valence-corrected chi connectivity index (χ1v) is 5.24. The summed E-state index contributed by atoms with van der Waals surface area (Å²) in [6.45, 7) is 4.61. The third-order valence-corrected chi connectivity index (χ3v) is 2.42. The third-order valence-electron chi connectivity index (χ3n) is 2.12. The molecule has 0 unspecified atom stereocenters. The summed E-state index contributed by atoms with van der Waals surface area (Å²) in [6, 6.07) is 5.77. The average Bonchev–Trinajstić information content (AvgIpc) is 2.20. The second-order valence-corrected chi connectivity index (χ2v) is 3.54. The lowest BCUT2D eigenvalue weighted by atomic mass is 10.1. The molecule has 2 N–H and O–H groups in total. The number of nitrogens with two attached hydrogens (primary N) is 1. The van der Waals surface area contributed by atoms with Gasteiger partial charge >= 0.3 is 0 Å². The zero-order valence-corrected chi connectivity index (χ0v) is 9.34. The van der Waals surface area contributed by atoms with Crippen molar-refractivity contribution in [3.8, 4) is 5.75 Å². The molecule has 0 saturated heterocycles. The highest BCUT2D eigenvalue weighted by Gasteiger charge is 2.07. The van der Waals surface area contributed by atoms with Crippen LogP contribution in [0.3, 0.4) is 0 Å². The Morgan fingerprint density at radius 3 is 2.64 bits per heavy atom. The lowest BCUT2D eigenvalue weighted by molar-refractivity contribution is 0.340. The Morgan fingerprint density at radius 1 is 1.43 bits per heavy atom. The highest BCUT2D eigenvalue weighted by Crippen LogP contribution is 2.27. The van der Waals surface area contributed by atoms with E-state index < -0.39 is 0 Å². The predicted octanol–water partition coefficient (Wildman–Crippen LogP) is 3.15. The van der Waals surface area contributed by atoms with Gasteiger partial charge in [-0.15, -0.1) is 0 Å². The molecule has 0 bridgehead atoms. The smallest absolute Gasteiger partial charge is 0.137 e. The quantitative estimate of drug-likeness (QED) is 0.834. The molecule has 2 nitrogen and oxygen atoms in total. The molecule has 0 aliphatic heterocycles. The molecule has 0 spiro atoms. The summed E-state index contributed by atoms with van der Waals surface area (Å²) in [5.41, 5.74) is 6.94. The van der Waals surface area contributed by atoms with Crippen LogP contribution in [-0.4, -0.2) is 6.61 Å². The van der Waals surface area contributed by atoms with Crippen LogP contribution < -0.4 is 10.5 Å². The van der Waals surface area contributed by atoms with E-state index in [0.717, 1.165) is 17.7 Å². The average molecular weight is 214 g/mol. The van der Waals surface area contributed by atoms with Crippen molar-refractivity contribution >= 4 is 11.6 Å². The molecular weight excluding hydrogens is 198 g/mol. The number of hydrogen-bond donors (Lipinski definition) is 1. The van der Waals surface area contributed by atoms with Gasteiger partial charge in [0.05, 0.1) is 11.6 Å². The van der Waals surface area contributed by atoms with E-state index in [9.17, 15) is 0 Å². The number of benzene rings is 1. The van der Waals surface area contributed by atoms with Crippen LogP contribution in [0.4, 0.5) is 0 Å². The van der Waals surface area contributed by atoms with Crippen LogP contribution in [0, 0.1) is 0 Å². The second-order valence-electron chi connectivity index (χ2n) is 3.14. The second kappa shape index (κ2) is 5.23. The molecule has 1 aromatic rings. The highest BCUT2D eigenvalue weighted by atomic mass is 35.5. The highest BCUT2D eigenvalue weighted by molar-refractivity contribution is 6.32. The van der Waals surface area contributed by atoms with E-state index in [2.05, 4.69) is 6.92 Å². The summed E-state index contributed by atoms with van der Waals surface area (Å²) in [4.78, 5) is 0. The number of ether oxygens (including phenoxy) is 1. The summed E-state index contributed by atoms with van der Waals surface area (Å²) >= 11 is 6.03. The van der Waals surface area contributed by atoms with E-state index in [1.54, 1.807) is 0 Å². The first-order valence-electron chi connectivity index (χ1n) is 4.86. The van der Waals surface area contributed by atoms with Gasteiger partial charge in [0.2, 0.25) is 0 Å². The Kier molecular flexibility index (Phi) is 4.23. The fraction of sp³-hybridized carbons (Fsp3) is 0.455. The van der Waals surface area contributed by atoms with Gasteiger partial charge in [0.1, 0.15) is 5.75 Å². The monoisotopic (exact) mass is 213 g/mol. The molecule has 3 heteroatoms. The predicted molar refractivity (Wildman–Crippen MR) is 59.8 cm³/mol. The Hall–Kier alpha value is -0.730. The molecule has 1 atom stereocenters. The molecule has 1 aromatic carbocycles. The van der Waals surface area contributed by atoms with Crippen molar-refractivity contribution in [2.45, 2.75) is 26.3 Å².